The van der Waals surface area contributed by atoms with Crippen molar-refractivity contribution < 1.29 is 4.92 Å². The molecule has 1 saturated heterocycles. The standard InChI is InChI=1S/C11H15N5O2S/c1-14(8-3-2-4-12-7-8)9-10(16(17)18)15-5-6-19-11(15)13-9/h5-6,8,12H,2-4,7H2,1H3. The van der Waals surface area contributed by atoms with Crippen LogP contribution in [0.3, 0.4) is 0 Å². The Morgan fingerprint density at radius 2 is 2.53 bits per heavy atom. The molecule has 0 bridgehead atoms. The van der Waals surface area contributed by atoms with Crippen LogP contribution >= 0.6 is 11.3 Å². The first-order chi connectivity index (χ1) is 9.18. The maximum Gasteiger partial charge on any atom is 0.373 e. The number of likely N-dealkylation sites (N-methyl/N-ethyl adjacent to an activating group) is 1. The topological polar surface area (TPSA) is 75.7 Å². The Kier molecular flexibility index (Phi) is 3.11. The van der Waals surface area contributed by atoms with Gasteiger partial charge in [0.05, 0.1) is 0 Å². The van der Waals surface area contributed by atoms with Crippen LogP contribution in [-0.2, 0) is 0 Å². The van der Waals surface area contributed by atoms with Gasteiger partial charge in [-0.3, -0.25) is 0 Å². The molecule has 1 aliphatic heterocycles. The summed E-state index contributed by atoms with van der Waals surface area (Å²) in [7, 11) is 1.89. The summed E-state index contributed by atoms with van der Waals surface area (Å²) in [5.74, 6) is 0.523. The number of thiazole rings is 1. The van der Waals surface area contributed by atoms with Crippen molar-refractivity contribution in [1.82, 2.24) is 14.7 Å². The highest BCUT2D eigenvalue weighted by atomic mass is 32.1. The third-order valence-electron chi connectivity index (χ3n) is 3.54. The lowest BCUT2D eigenvalue weighted by molar-refractivity contribution is -0.389. The van der Waals surface area contributed by atoms with Gasteiger partial charge in [0.25, 0.3) is 4.96 Å². The molecular weight excluding hydrogens is 266 g/mol. The molecule has 3 rings (SSSR count). The van der Waals surface area contributed by atoms with Gasteiger partial charge in [-0.05, 0) is 24.3 Å². The molecule has 1 unspecified atom stereocenters. The minimum atomic E-state index is -0.352. The van der Waals surface area contributed by atoms with Crippen molar-refractivity contribution in [2.24, 2.45) is 0 Å². The summed E-state index contributed by atoms with van der Waals surface area (Å²) in [5, 5.41) is 16.4. The second-order valence-corrected chi connectivity index (χ2v) is 5.56. The van der Waals surface area contributed by atoms with E-state index >= 15 is 0 Å². The minimum Gasteiger partial charge on any atom is -0.358 e. The predicted molar refractivity (Wildman–Crippen MR) is 74.0 cm³/mol. The van der Waals surface area contributed by atoms with Crippen molar-refractivity contribution in [3.63, 3.8) is 0 Å². The molecule has 0 radical (unpaired) electrons. The molecule has 1 N–H and O–H groups in total. The number of imidazole rings is 1. The molecule has 0 amide bonds. The highest BCUT2D eigenvalue weighted by Crippen LogP contribution is 2.32. The van der Waals surface area contributed by atoms with Crippen LogP contribution in [0.15, 0.2) is 11.6 Å². The van der Waals surface area contributed by atoms with Gasteiger partial charge in [-0.15, -0.1) is 0 Å². The first kappa shape index (κ1) is 12.4. The summed E-state index contributed by atoms with van der Waals surface area (Å²) in [5.41, 5.74) is 0. The lowest BCUT2D eigenvalue weighted by Gasteiger charge is -2.31. The van der Waals surface area contributed by atoms with E-state index in [0.29, 0.717) is 10.8 Å². The van der Waals surface area contributed by atoms with Gasteiger partial charge in [0.1, 0.15) is 6.20 Å². The van der Waals surface area contributed by atoms with Gasteiger partial charge < -0.3 is 20.3 Å². The second-order valence-electron chi connectivity index (χ2n) is 4.68. The van der Waals surface area contributed by atoms with Gasteiger partial charge in [0.15, 0.2) is 0 Å². The van der Waals surface area contributed by atoms with Gasteiger partial charge in [0.2, 0.25) is 5.82 Å². The fourth-order valence-corrected chi connectivity index (χ4v) is 3.21. The number of nitrogens with one attached hydrogen (secondary N) is 1. The van der Waals surface area contributed by atoms with Crippen molar-refractivity contribution in [2.75, 3.05) is 25.0 Å². The summed E-state index contributed by atoms with van der Waals surface area (Å²) >= 11 is 1.41. The SMILES string of the molecule is CN(c1nc2sccn2c1[N+](=O)[O-])C1CCCNC1. The Bertz CT molecular complexity index is 601. The van der Waals surface area contributed by atoms with Crippen molar-refractivity contribution in [3.8, 4) is 0 Å². The maximum atomic E-state index is 11.3. The Morgan fingerprint density at radius 1 is 1.68 bits per heavy atom. The Hall–Kier alpha value is -1.67. The van der Waals surface area contributed by atoms with E-state index in [0.717, 1.165) is 25.9 Å². The van der Waals surface area contributed by atoms with E-state index in [-0.39, 0.29) is 16.8 Å². The van der Waals surface area contributed by atoms with Gasteiger partial charge >= 0.3 is 5.82 Å². The van der Waals surface area contributed by atoms with E-state index < -0.39 is 0 Å². The molecule has 102 valence electrons. The van der Waals surface area contributed by atoms with Crippen molar-refractivity contribution in [3.05, 3.63) is 21.7 Å². The molecule has 0 spiro atoms. The van der Waals surface area contributed by atoms with Gasteiger partial charge in [-0.25, -0.2) is 0 Å². The van der Waals surface area contributed by atoms with E-state index in [4.69, 9.17) is 0 Å². The molecule has 19 heavy (non-hydrogen) atoms. The van der Waals surface area contributed by atoms with Crippen molar-refractivity contribution >= 4 is 27.9 Å². The molecule has 7 nitrogen and oxygen atoms in total. The lowest BCUT2D eigenvalue weighted by atomic mass is 10.1. The van der Waals surface area contributed by atoms with Crippen LogP contribution in [0.1, 0.15) is 12.8 Å². The number of hydrogen-bond donors (Lipinski definition) is 1. The van der Waals surface area contributed by atoms with Crippen LogP contribution in [0, 0.1) is 10.1 Å². The monoisotopic (exact) mass is 281 g/mol. The Morgan fingerprint density at radius 3 is 3.21 bits per heavy atom. The van der Waals surface area contributed by atoms with Crippen molar-refractivity contribution in [2.45, 2.75) is 18.9 Å². The highest BCUT2D eigenvalue weighted by Gasteiger charge is 2.30. The molecule has 8 heteroatoms. The summed E-state index contributed by atoms with van der Waals surface area (Å²) in [6, 6.07) is 0.261. The molecule has 0 aliphatic carbocycles. The van der Waals surface area contributed by atoms with Crippen LogP contribution in [-0.4, -0.2) is 40.5 Å². The third-order valence-corrected chi connectivity index (χ3v) is 4.30. The van der Waals surface area contributed by atoms with Crippen LogP contribution < -0.4 is 10.2 Å². The Labute approximate surface area is 114 Å². The van der Waals surface area contributed by atoms with Crippen LogP contribution in [0.2, 0.25) is 0 Å². The molecule has 1 atom stereocenters. The second kappa shape index (κ2) is 4.78. The van der Waals surface area contributed by atoms with Gasteiger partial charge in [-0.2, -0.15) is 9.38 Å². The quantitative estimate of drug-likeness (QED) is 0.681. The number of fused-ring (bicyclic) bond motifs is 1. The number of hydrogen-bond acceptors (Lipinski definition) is 6. The number of piperidine rings is 1. The molecule has 1 aliphatic rings. The molecule has 0 saturated carbocycles. The normalized spacial score (nSPS) is 19.7. The highest BCUT2D eigenvalue weighted by molar-refractivity contribution is 7.15. The van der Waals surface area contributed by atoms with Crippen LogP contribution in [0.5, 0.6) is 0 Å². The summed E-state index contributed by atoms with van der Waals surface area (Å²) in [6.45, 7) is 1.86. The summed E-state index contributed by atoms with van der Waals surface area (Å²) in [6.07, 6.45) is 3.82. The first-order valence-electron chi connectivity index (χ1n) is 6.22. The van der Waals surface area contributed by atoms with E-state index in [2.05, 4.69) is 10.3 Å². The number of aromatic nitrogens is 2. The number of nitro groups is 1. The lowest BCUT2D eigenvalue weighted by Crippen LogP contribution is -2.44. The van der Waals surface area contributed by atoms with E-state index in [9.17, 15) is 10.1 Å². The molecular formula is C11H15N5O2S. The minimum absolute atomic E-state index is 0.0596. The van der Waals surface area contributed by atoms with E-state index in [1.807, 2.05) is 11.9 Å². The van der Waals surface area contributed by atoms with Gasteiger partial charge in [0, 0.05) is 25.0 Å². The fraction of sp³-hybridized carbons (Fsp3) is 0.545. The van der Waals surface area contributed by atoms with Crippen LogP contribution in [0.25, 0.3) is 4.96 Å². The largest absolute Gasteiger partial charge is 0.373 e. The zero-order valence-corrected chi connectivity index (χ0v) is 11.4. The zero-order valence-electron chi connectivity index (χ0n) is 10.6. The average molecular weight is 281 g/mol. The molecule has 2 aromatic heterocycles. The number of anilines is 1. The molecule has 3 heterocycles. The van der Waals surface area contributed by atoms with Crippen molar-refractivity contribution in [1.29, 1.82) is 0 Å². The van der Waals surface area contributed by atoms with E-state index in [1.165, 1.54) is 11.3 Å². The summed E-state index contributed by atoms with van der Waals surface area (Å²) in [4.78, 5) is 17.9. The fourth-order valence-electron chi connectivity index (χ4n) is 2.51. The maximum absolute atomic E-state index is 11.3. The Balaban J connectivity index is 2.00. The van der Waals surface area contributed by atoms with Gasteiger partial charge in [-0.1, -0.05) is 11.3 Å². The average Bonchev–Trinajstić information content (AvgIpc) is 2.98. The first-order valence-corrected chi connectivity index (χ1v) is 7.10. The number of rotatable bonds is 3. The smallest absolute Gasteiger partial charge is 0.358 e. The molecule has 1 fully saturated rings. The van der Waals surface area contributed by atoms with Crippen LogP contribution in [0.4, 0.5) is 11.6 Å². The predicted octanol–water partition coefficient (Wildman–Crippen LogP) is 1.49. The molecule has 0 aromatic carbocycles. The zero-order chi connectivity index (χ0) is 13.4. The van der Waals surface area contributed by atoms with E-state index in [1.54, 1.807) is 16.0 Å². The summed E-state index contributed by atoms with van der Waals surface area (Å²) < 4.78 is 1.55. The third kappa shape index (κ3) is 2.06. The number of nitrogens with zero attached hydrogens (tertiary/aromatic N) is 4. The molecule has 2 aromatic rings.